The Morgan fingerprint density at radius 2 is 0.920 bits per heavy atom. The molecule has 0 heterocycles. The highest BCUT2D eigenvalue weighted by molar-refractivity contribution is 4.72. The molecule has 0 aliphatic carbocycles. The quantitative estimate of drug-likeness (QED) is 0.232. The lowest BCUT2D eigenvalue weighted by Crippen LogP contribution is -2.35. The summed E-state index contributed by atoms with van der Waals surface area (Å²) in [6.07, 6.45) is 24.1. The molecule has 0 saturated heterocycles. The van der Waals surface area contributed by atoms with Gasteiger partial charge in [0.05, 0.1) is 0 Å². The van der Waals surface area contributed by atoms with Crippen LogP contribution in [0.15, 0.2) is 0 Å². The van der Waals surface area contributed by atoms with Crippen LogP contribution in [0.4, 0.5) is 0 Å². The van der Waals surface area contributed by atoms with E-state index in [4.69, 9.17) is 5.73 Å². The van der Waals surface area contributed by atoms with Gasteiger partial charge in [0.15, 0.2) is 0 Å². The summed E-state index contributed by atoms with van der Waals surface area (Å²) in [6, 6.07) is 0. The molecule has 0 rings (SSSR count). The fourth-order valence-electron chi connectivity index (χ4n) is 3.33. The molecule has 0 aromatic rings. The van der Waals surface area contributed by atoms with E-state index in [0.29, 0.717) is 0 Å². The van der Waals surface area contributed by atoms with Crippen molar-refractivity contribution in [2.24, 2.45) is 5.73 Å². The Kier molecular flexibility index (Phi) is 18.6. The molecule has 0 saturated carbocycles. The van der Waals surface area contributed by atoms with Crippen molar-refractivity contribution in [1.29, 1.82) is 0 Å². The van der Waals surface area contributed by atoms with Crippen molar-refractivity contribution in [2.75, 3.05) is 13.1 Å². The Morgan fingerprint density at radius 1 is 0.560 bits per heavy atom. The molecule has 152 valence electrons. The summed E-state index contributed by atoms with van der Waals surface area (Å²) in [5, 5.41) is 3.51. The van der Waals surface area contributed by atoms with E-state index in [-0.39, 0.29) is 5.54 Å². The minimum absolute atomic E-state index is 0.0262. The van der Waals surface area contributed by atoms with Crippen molar-refractivity contribution in [3.8, 4) is 0 Å². The van der Waals surface area contributed by atoms with Gasteiger partial charge >= 0.3 is 0 Å². The van der Waals surface area contributed by atoms with E-state index in [1.54, 1.807) is 0 Å². The molecular weight excluding hydrogens is 304 g/mol. The maximum atomic E-state index is 5.97. The molecule has 0 aromatic heterocycles. The first-order valence-electron chi connectivity index (χ1n) is 11.6. The highest BCUT2D eigenvalue weighted by atomic mass is 14.9. The van der Waals surface area contributed by atoms with Gasteiger partial charge in [-0.25, -0.2) is 0 Å². The SMILES string of the molecule is CCCCCCCCCCCCCCCCCCNCCC(C)(C)N. The molecular formula is C23H50N2. The van der Waals surface area contributed by atoms with Crippen LogP contribution in [0, 0.1) is 0 Å². The summed E-state index contributed by atoms with van der Waals surface area (Å²) in [5.74, 6) is 0. The molecule has 0 radical (unpaired) electrons. The second kappa shape index (κ2) is 18.7. The van der Waals surface area contributed by atoms with Crippen LogP contribution in [0.1, 0.15) is 130 Å². The molecule has 0 amide bonds. The average Bonchev–Trinajstić information content (AvgIpc) is 2.56. The number of nitrogens with two attached hydrogens (primary N) is 1. The Morgan fingerprint density at radius 3 is 1.28 bits per heavy atom. The third-order valence-electron chi connectivity index (χ3n) is 5.15. The van der Waals surface area contributed by atoms with Gasteiger partial charge in [-0.05, 0) is 39.8 Å². The third-order valence-corrected chi connectivity index (χ3v) is 5.15. The van der Waals surface area contributed by atoms with Crippen molar-refractivity contribution in [3.63, 3.8) is 0 Å². The summed E-state index contributed by atoms with van der Waals surface area (Å²) in [6.45, 7) is 8.71. The van der Waals surface area contributed by atoms with Crippen molar-refractivity contribution in [3.05, 3.63) is 0 Å². The Labute approximate surface area is 160 Å². The van der Waals surface area contributed by atoms with Gasteiger partial charge in [0.1, 0.15) is 0 Å². The molecule has 25 heavy (non-hydrogen) atoms. The molecule has 0 aromatic carbocycles. The van der Waals surface area contributed by atoms with Crippen LogP contribution >= 0.6 is 0 Å². The molecule has 0 bridgehead atoms. The van der Waals surface area contributed by atoms with Crippen LogP contribution in [0.2, 0.25) is 0 Å². The monoisotopic (exact) mass is 354 g/mol. The van der Waals surface area contributed by atoms with Gasteiger partial charge in [-0.1, -0.05) is 103 Å². The minimum Gasteiger partial charge on any atom is -0.326 e. The lowest BCUT2D eigenvalue weighted by Gasteiger charge is -2.18. The van der Waals surface area contributed by atoms with Crippen LogP contribution in [-0.4, -0.2) is 18.6 Å². The number of hydrogen-bond donors (Lipinski definition) is 2. The Balaban J connectivity index is 3.01. The first-order valence-corrected chi connectivity index (χ1v) is 11.6. The highest BCUT2D eigenvalue weighted by Gasteiger charge is 2.08. The molecule has 2 heteroatoms. The lowest BCUT2D eigenvalue weighted by atomic mass is 10.0. The summed E-state index contributed by atoms with van der Waals surface area (Å²) < 4.78 is 0. The van der Waals surface area contributed by atoms with Gasteiger partial charge in [-0.2, -0.15) is 0 Å². The van der Waals surface area contributed by atoms with Crippen molar-refractivity contribution < 1.29 is 0 Å². The normalized spacial score (nSPS) is 12.0. The van der Waals surface area contributed by atoms with Crippen LogP contribution in [0.25, 0.3) is 0 Å². The largest absolute Gasteiger partial charge is 0.326 e. The van der Waals surface area contributed by atoms with E-state index < -0.39 is 0 Å². The molecule has 3 N–H and O–H groups in total. The van der Waals surface area contributed by atoms with Gasteiger partial charge in [-0.3, -0.25) is 0 Å². The zero-order valence-electron chi connectivity index (χ0n) is 18.0. The molecule has 2 nitrogen and oxygen atoms in total. The van der Waals surface area contributed by atoms with Crippen molar-refractivity contribution >= 4 is 0 Å². The smallest absolute Gasteiger partial charge is 0.0109 e. The summed E-state index contributed by atoms with van der Waals surface area (Å²) in [7, 11) is 0. The molecule has 0 atom stereocenters. The third kappa shape index (κ3) is 23.9. The van der Waals surface area contributed by atoms with Gasteiger partial charge in [0, 0.05) is 5.54 Å². The van der Waals surface area contributed by atoms with Crippen LogP contribution in [-0.2, 0) is 0 Å². The van der Waals surface area contributed by atoms with E-state index in [1.165, 1.54) is 103 Å². The van der Waals surface area contributed by atoms with E-state index in [9.17, 15) is 0 Å². The molecule has 0 aliphatic heterocycles. The Hall–Kier alpha value is -0.0800. The summed E-state index contributed by atoms with van der Waals surface area (Å²) in [5.41, 5.74) is 5.95. The van der Waals surface area contributed by atoms with Crippen LogP contribution in [0.5, 0.6) is 0 Å². The number of rotatable bonds is 20. The van der Waals surface area contributed by atoms with E-state index in [2.05, 4.69) is 26.1 Å². The molecule has 0 aliphatic rings. The topological polar surface area (TPSA) is 38.0 Å². The fourth-order valence-corrected chi connectivity index (χ4v) is 3.33. The van der Waals surface area contributed by atoms with Gasteiger partial charge in [0.25, 0.3) is 0 Å². The first kappa shape index (κ1) is 24.9. The second-order valence-corrected chi connectivity index (χ2v) is 8.79. The van der Waals surface area contributed by atoms with Gasteiger partial charge in [-0.15, -0.1) is 0 Å². The minimum atomic E-state index is -0.0262. The zero-order valence-corrected chi connectivity index (χ0v) is 18.0. The van der Waals surface area contributed by atoms with Gasteiger partial charge < -0.3 is 11.1 Å². The first-order chi connectivity index (χ1) is 12.1. The molecule has 0 fully saturated rings. The van der Waals surface area contributed by atoms with E-state index >= 15 is 0 Å². The predicted octanol–water partition coefficient (Wildman–Crippen LogP) is 6.96. The number of unbranched alkanes of at least 4 members (excludes halogenated alkanes) is 15. The maximum Gasteiger partial charge on any atom is 0.0109 e. The zero-order chi connectivity index (χ0) is 18.6. The standard InChI is InChI=1S/C23H50N2/c1-4-5-6-7-8-9-10-11-12-13-14-15-16-17-18-19-21-25-22-20-23(2,3)24/h25H,4-22,24H2,1-3H3. The van der Waals surface area contributed by atoms with E-state index in [0.717, 1.165) is 19.5 Å². The van der Waals surface area contributed by atoms with Crippen molar-refractivity contribution in [1.82, 2.24) is 5.32 Å². The number of hydrogen-bond acceptors (Lipinski definition) is 2. The summed E-state index contributed by atoms with van der Waals surface area (Å²) in [4.78, 5) is 0. The maximum absolute atomic E-state index is 5.97. The number of nitrogens with one attached hydrogen (secondary N) is 1. The molecule has 0 unspecified atom stereocenters. The Bertz CT molecular complexity index is 245. The van der Waals surface area contributed by atoms with Crippen LogP contribution < -0.4 is 11.1 Å². The predicted molar refractivity (Wildman–Crippen MR) is 115 cm³/mol. The van der Waals surface area contributed by atoms with Crippen LogP contribution in [0.3, 0.4) is 0 Å². The van der Waals surface area contributed by atoms with Gasteiger partial charge in [0.2, 0.25) is 0 Å². The molecule has 0 spiro atoms. The lowest BCUT2D eigenvalue weighted by molar-refractivity contribution is 0.450. The second-order valence-electron chi connectivity index (χ2n) is 8.79. The van der Waals surface area contributed by atoms with Crippen molar-refractivity contribution in [2.45, 2.75) is 135 Å². The highest BCUT2D eigenvalue weighted by Crippen LogP contribution is 2.13. The summed E-state index contributed by atoms with van der Waals surface area (Å²) >= 11 is 0. The average molecular weight is 355 g/mol. The van der Waals surface area contributed by atoms with E-state index in [1.807, 2.05) is 0 Å². The fraction of sp³-hybridized carbons (Fsp3) is 1.00.